The van der Waals surface area contributed by atoms with Gasteiger partial charge in [0.1, 0.15) is 0 Å². The van der Waals surface area contributed by atoms with E-state index in [0.717, 1.165) is 8.66 Å². The lowest BCUT2D eigenvalue weighted by Crippen LogP contribution is -2.44. The average Bonchev–Trinajstić information content (AvgIpc) is 2.74. The topological polar surface area (TPSA) is 57.6 Å². The maximum absolute atomic E-state index is 11.9. The molecule has 1 amide bonds. The van der Waals surface area contributed by atoms with Crippen LogP contribution in [0.1, 0.15) is 30.7 Å². The summed E-state index contributed by atoms with van der Waals surface area (Å²) in [4.78, 5) is 25.9. The van der Waals surface area contributed by atoms with E-state index >= 15 is 0 Å². The number of aliphatic carboxylic acids is 1. The number of halogens is 1. The molecule has 2 atom stereocenters. The predicted octanol–water partition coefficient (Wildman–Crippen LogP) is 2.89. The third-order valence-electron chi connectivity index (χ3n) is 3.25. The van der Waals surface area contributed by atoms with Gasteiger partial charge in [-0.2, -0.15) is 0 Å². The fourth-order valence-electron chi connectivity index (χ4n) is 2.42. The Bertz CT molecular complexity index is 472. The number of carbonyl (C=O) groups is 2. The number of hydrogen-bond donors (Lipinski definition) is 1. The number of carboxylic acid groups (broad SMARTS) is 1. The number of carbonyl (C=O) groups excluding carboxylic acids is 1. The van der Waals surface area contributed by atoms with Crippen molar-refractivity contribution in [3.63, 3.8) is 0 Å². The number of nitrogens with zero attached hydrogens (tertiary/aromatic N) is 1. The number of thiophene rings is 1. The van der Waals surface area contributed by atoms with E-state index in [2.05, 4.69) is 15.9 Å². The van der Waals surface area contributed by atoms with Crippen LogP contribution < -0.4 is 0 Å². The van der Waals surface area contributed by atoms with Gasteiger partial charge in [-0.05, 0) is 41.4 Å². The van der Waals surface area contributed by atoms with E-state index < -0.39 is 11.9 Å². The van der Waals surface area contributed by atoms with E-state index in [-0.39, 0.29) is 11.9 Å². The summed E-state index contributed by atoms with van der Waals surface area (Å²) in [6.07, 6.45) is 0.749. The molecule has 2 rings (SSSR count). The minimum atomic E-state index is -0.824. The lowest BCUT2D eigenvalue weighted by atomic mass is 9.88. The van der Waals surface area contributed by atoms with Gasteiger partial charge in [0.25, 0.3) is 0 Å². The first-order chi connectivity index (χ1) is 8.54. The average molecular weight is 332 g/mol. The van der Waals surface area contributed by atoms with Crippen molar-refractivity contribution in [1.82, 2.24) is 4.90 Å². The van der Waals surface area contributed by atoms with Crippen LogP contribution in [0.5, 0.6) is 0 Å². The molecule has 2 heterocycles. The van der Waals surface area contributed by atoms with Gasteiger partial charge in [-0.1, -0.05) is 0 Å². The quantitative estimate of drug-likeness (QED) is 0.926. The Morgan fingerprint density at radius 3 is 2.83 bits per heavy atom. The molecule has 1 aromatic rings. The molecule has 0 bridgehead atoms. The summed E-state index contributed by atoms with van der Waals surface area (Å²) in [5.41, 5.74) is 0. The lowest BCUT2D eigenvalue weighted by molar-refractivity contribution is -0.151. The van der Waals surface area contributed by atoms with Gasteiger partial charge in [0.05, 0.1) is 15.7 Å². The Hall–Kier alpha value is -0.880. The molecule has 1 saturated heterocycles. The van der Waals surface area contributed by atoms with Crippen molar-refractivity contribution in [2.45, 2.75) is 25.8 Å². The minimum absolute atomic E-state index is 0.0459. The molecule has 98 valence electrons. The zero-order valence-corrected chi connectivity index (χ0v) is 12.3. The van der Waals surface area contributed by atoms with Gasteiger partial charge in [-0.15, -0.1) is 11.3 Å². The first-order valence-corrected chi connectivity index (χ1v) is 7.43. The maximum Gasteiger partial charge on any atom is 0.308 e. The summed E-state index contributed by atoms with van der Waals surface area (Å²) >= 11 is 4.88. The fraction of sp³-hybridized carbons (Fsp3) is 0.500. The Labute approximate surface area is 118 Å². The third kappa shape index (κ3) is 2.44. The third-order valence-corrected chi connectivity index (χ3v) is 4.94. The van der Waals surface area contributed by atoms with Crippen LogP contribution in [0.15, 0.2) is 15.9 Å². The van der Waals surface area contributed by atoms with E-state index in [0.29, 0.717) is 19.4 Å². The molecule has 6 heteroatoms. The summed E-state index contributed by atoms with van der Waals surface area (Å²) in [5, 5.41) is 9.33. The molecule has 1 aliphatic heterocycles. The number of rotatable bonds is 3. The summed E-state index contributed by atoms with van der Waals surface area (Å²) < 4.78 is 0.954. The Morgan fingerprint density at radius 1 is 1.61 bits per heavy atom. The molecular formula is C12H14BrNO3S. The van der Waals surface area contributed by atoms with Crippen LogP contribution in [0.25, 0.3) is 0 Å². The smallest absolute Gasteiger partial charge is 0.308 e. The van der Waals surface area contributed by atoms with Gasteiger partial charge in [0.2, 0.25) is 5.91 Å². The van der Waals surface area contributed by atoms with Crippen molar-refractivity contribution in [1.29, 1.82) is 0 Å². The number of likely N-dealkylation sites (tertiary alicyclic amines) is 1. The number of hydrogen-bond acceptors (Lipinski definition) is 3. The highest BCUT2D eigenvalue weighted by atomic mass is 79.9. The van der Waals surface area contributed by atoms with Crippen LogP contribution in [0.4, 0.5) is 0 Å². The van der Waals surface area contributed by atoms with Crippen molar-refractivity contribution < 1.29 is 14.7 Å². The van der Waals surface area contributed by atoms with Crippen LogP contribution in [0.3, 0.4) is 0 Å². The molecule has 18 heavy (non-hydrogen) atoms. The van der Waals surface area contributed by atoms with E-state index in [1.165, 1.54) is 11.3 Å². The Morgan fingerprint density at radius 2 is 2.33 bits per heavy atom. The van der Waals surface area contributed by atoms with Crippen molar-refractivity contribution >= 4 is 39.1 Å². The van der Waals surface area contributed by atoms with Crippen molar-refractivity contribution in [2.75, 3.05) is 6.54 Å². The molecule has 1 aliphatic rings. The molecule has 1 N–H and O–H groups in total. The van der Waals surface area contributed by atoms with Gasteiger partial charge in [-0.3, -0.25) is 9.59 Å². The molecule has 0 aromatic carbocycles. The number of piperidine rings is 1. The van der Waals surface area contributed by atoms with Gasteiger partial charge < -0.3 is 10.0 Å². The Kier molecular flexibility index (Phi) is 4.07. The van der Waals surface area contributed by atoms with Crippen molar-refractivity contribution in [2.24, 2.45) is 5.92 Å². The SMILES string of the molecule is CCN1C(=O)CCC(C(=O)O)C1c1ccc(Br)s1. The normalized spacial score (nSPS) is 24.3. The second-order valence-electron chi connectivity index (χ2n) is 4.25. The summed E-state index contributed by atoms with van der Waals surface area (Å²) in [6, 6.07) is 3.47. The zero-order chi connectivity index (χ0) is 13.3. The number of amides is 1. The van der Waals surface area contributed by atoms with E-state index in [1.807, 2.05) is 19.1 Å². The monoisotopic (exact) mass is 331 g/mol. The van der Waals surface area contributed by atoms with Gasteiger partial charge in [0.15, 0.2) is 0 Å². The molecule has 0 aliphatic carbocycles. The van der Waals surface area contributed by atoms with Crippen LogP contribution in [0.2, 0.25) is 0 Å². The Balaban J connectivity index is 2.39. The molecule has 0 radical (unpaired) electrons. The largest absolute Gasteiger partial charge is 0.481 e. The first kappa shape index (κ1) is 13.5. The molecule has 0 spiro atoms. The molecule has 1 aromatic heterocycles. The summed E-state index contributed by atoms with van der Waals surface area (Å²) in [6.45, 7) is 2.43. The van der Waals surface area contributed by atoms with Gasteiger partial charge >= 0.3 is 5.97 Å². The van der Waals surface area contributed by atoms with E-state index in [1.54, 1.807) is 4.90 Å². The zero-order valence-electron chi connectivity index (χ0n) is 9.93. The van der Waals surface area contributed by atoms with E-state index in [4.69, 9.17) is 0 Å². The fourth-order valence-corrected chi connectivity index (χ4v) is 4.03. The molecule has 1 fully saturated rings. The van der Waals surface area contributed by atoms with Gasteiger partial charge in [-0.25, -0.2) is 0 Å². The van der Waals surface area contributed by atoms with Gasteiger partial charge in [0, 0.05) is 17.8 Å². The predicted molar refractivity (Wildman–Crippen MR) is 72.5 cm³/mol. The summed E-state index contributed by atoms with van der Waals surface area (Å²) in [7, 11) is 0. The molecule has 4 nitrogen and oxygen atoms in total. The van der Waals surface area contributed by atoms with Crippen LogP contribution in [-0.4, -0.2) is 28.4 Å². The molecular weight excluding hydrogens is 318 g/mol. The molecule has 0 saturated carbocycles. The van der Waals surface area contributed by atoms with E-state index in [9.17, 15) is 14.7 Å². The van der Waals surface area contributed by atoms with Crippen LogP contribution in [0, 0.1) is 5.92 Å². The second-order valence-corrected chi connectivity index (χ2v) is 6.74. The first-order valence-electron chi connectivity index (χ1n) is 5.82. The number of carboxylic acids is 1. The summed E-state index contributed by atoms with van der Waals surface area (Å²) in [5.74, 6) is -1.28. The standard InChI is InChI=1S/C12H14BrNO3S/c1-2-14-10(15)6-3-7(12(16)17)11(14)8-4-5-9(13)18-8/h4-5,7,11H,2-3,6H2,1H3,(H,16,17). The lowest BCUT2D eigenvalue weighted by Gasteiger charge is -2.38. The molecule has 2 unspecified atom stereocenters. The van der Waals surface area contributed by atoms with Crippen molar-refractivity contribution in [3.8, 4) is 0 Å². The second kappa shape index (κ2) is 5.40. The highest BCUT2D eigenvalue weighted by Gasteiger charge is 2.40. The highest BCUT2D eigenvalue weighted by molar-refractivity contribution is 9.11. The van der Waals surface area contributed by atoms with Crippen LogP contribution >= 0.6 is 27.3 Å². The maximum atomic E-state index is 11.9. The minimum Gasteiger partial charge on any atom is -0.481 e. The van der Waals surface area contributed by atoms with Crippen LogP contribution in [-0.2, 0) is 9.59 Å². The van der Waals surface area contributed by atoms with Crippen molar-refractivity contribution in [3.05, 3.63) is 20.8 Å². The highest BCUT2D eigenvalue weighted by Crippen LogP contribution is 2.40.